The first-order valence-corrected chi connectivity index (χ1v) is 8.57. The van der Waals surface area contributed by atoms with Gasteiger partial charge in [-0.1, -0.05) is 28.9 Å². The molecule has 2 aromatic rings. The Kier molecular flexibility index (Phi) is 4.03. The van der Waals surface area contributed by atoms with E-state index >= 15 is 0 Å². The molecule has 1 aliphatic heterocycles. The molecule has 0 amide bonds. The van der Waals surface area contributed by atoms with Crippen LogP contribution >= 0.6 is 27.3 Å². The third-order valence-corrected chi connectivity index (χ3v) is 5.38. The zero-order valence-electron chi connectivity index (χ0n) is 11.6. The number of aryl methyl sites for hydroxylation is 1. The first-order chi connectivity index (χ1) is 9.65. The molecule has 2 heterocycles. The lowest BCUT2D eigenvalue weighted by atomic mass is 10.0. The normalized spacial score (nSPS) is 19.4. The minimum absolute atomic E-state index is 0.198. The third kappa shape index (κ3) is 2.72. The van der Waals surface area contributed by atoms with Gasteiger partial charge in [0.1, 0.15) is 0 Å². The molecule has 1 aromatic heterocycles. The smallest absolute Gasteiger partial charge is 0.161 e. The Hall–Kier alpha value is -1.00. The monoisotopic (exact) mass is 352 g/mol. The SMILES string of the molecule is Cc1cscc1C(Br)c1ccc2c(c1)OCC(C)CO2. The van der Waals surface area contributed by atoms with Gasteiger partial charge >= 0.3 is 0 Å². The Morgan fingerprint density at radius 3 is 2.65 bits per heavy atom. The van der Waals surface area contributed by atoms with Crippen LogP contribution in [0.5, 0.6) is 11.5 Å². The summed E-state index contributed by atoms with van der Waals surface area (Å²) in [4.78, 5) is 0.198. The van der Waals surface area contributed by atoms with Gasteiger partial charge in [-0.2, -0.15) is 11.3 Å². The van der Waals surface area contributed by atoms with E-state index in [9.17, 15) is 0 Å². The fourth-order valence-corrected chi connectivity index (χ4v) is 4.07. The second-order valence-corrected chi connectivity index (χ2v) is 6.97. The van der Waals surface area contributed by atoms with Crippen molar-refractivity contribution in [2.75, 3.05) is 13.2 Å². The van der Waals surface area contributed by atoms with Crippen molar-refractivity contribution in [1.82, 2.24) is 0 Å². The molecule has 0 saturated heterocycles. The van der Waals surface area contributed by atoms with Gasteiger partial charge < -0.3 is 9.47 Å². The van der Waals surface area contributed by atoms with Crippen LogP contribution in [0.3, 0.4) is 0 Å². The molecule has 2 unspecified atom stereocenters. The van der Waals surface area contributed by atoms with Gasteiger partial charge in [0.05, 0.1) is 18.0 Å². The molecule has 2 atom stereocenters. The van der Waals surface area contributed by atoms with Crippen LogP contribution in [-0.4, -0.2) is 13.2 Å². The van der Waals surface area contributed by atoms with Gasteiger partial charge in [-0.15, -0.1) is 0 Å². The summed E-state index contributed by atoms with van der Waals surface area (Å²) in [5.41, 5.74) is 3.83. The zero-order valence-corrected chi connectivity index (χ0v) is 14.0. The summed E-state index contributed by atoms with van der Waals surface area (Å²) < 4.78 is 11.6. The summed E-state index contributed by atoms with van der Waals surface area (Å²) >= 11 is 5.53. The maximum Gasteiger partial charge on any atom is 0.161 e. The summed E-state index contributed by atoms with van der Waals surface area (Å²) in [5.74, 6) is 2.12. The van der Waals surface area contributed by atoms with Crippen LogP contribution < -0.4 is 9.47 Å². The van der Waals surface area contributed by atoms with E-state index in [0.717, 1.165) is 11.5 Å². The van der Waals surface area contributed by atoms with Crippen LogP contribution in [0.15, 0.2) is 29.0 Å². The highest BCUT2D eigenvalue weighted by atomic mass is 79.9. The largest absolute Gasteiger partial charge is 0.489 e. The lowest BCUT2D eigenvalue weighted by Gasteiger charge is -2.13. The van der Waals surface area contributed by atoms with Gasteiger partial charge in [0, 0.05) is 5.92 Å². The Morgan fingerprint density at radius 2 is 1.95 bits per heavy atom. The molecule has 0 saturated carbocycles. The molecule has 106 valence electrons. The number of hydrogen-bond acceptors (Lipinski definition) is 3. The molecule has 1 aromatic carbocycles. The van der Waals surface area contributed by atoms with E-state index in [1.165, 1.54) is 16.7 Å². The molecule has 2 nitrogen and oxygen atoms in total. The highest BCUT2D eigenvalue weighted by Gasteiger charge is 2.19. The molecule has 0 N–H and O–H groups in total. The Balaban J connectivity index is 1.91. The number of benzene rings is 1. The van der Waals surface area contributed by atoms with Gasteiger partial charge in [-0.05, 0) is 46.5 Å². The maximum absolute atomic E-state index is 5.86. The van der Waals surface area contributed by atoms with E-state index in [4.69, 9.17) is 9.47 Å². The van der Waals surface area contributed by atoms with Crippen molar-refractivity contribution >= 4 is 27.3 Å². The molecule has 4 heteroatoms. The molecular weight excluding hydrogens is 336 g/mol. The van der Waals surface area contributed by atoms with Gasteiger partial charge in [0.25, 0.3) is 0 Å². The minimum atomic E-state index is 0.198. The van der Waals surface area contributed by atoms with E-state index in [2.05, 4.69) is 52.7 Å². The first kappa shape index (κ1) is 14.0. The Morgan fingerprint density at radius 1 is 1.20 bits per heavy atom. The van der Waals surface area contributed by atoms with Crippen molar-refractivity contribution in [1.29, 1.82) is 0 Å². The second kappa shape index (κ2) is 5.78. The van der Waals surface area contributed by atoms with E-state index in [1.807, 2.05) is 6.07 Å². The molecule has 3 rings (SSSR count). The number of alkyl halides is 1. The second-order valence-electron chi connectivity index (χ2n) is 5.31. The Bertz CT molecular complexity index is 608. The summed E-state index contributed by atoms with van der Waals surface area (Å²) in [6, 6.07) is 6.21. The van der Waals surface area contributed by atoms with Crippen LogP contribution in [0.1, 0.15) is 28.4 Å². The average molecular weight is 353 g/mol. The minimum Gasteiger partial charge on any atom is -0.489 e. The van der Waals surface area contributed by atoms with Crippen molar-refractivity contribution in [2.45, 2.75) is 18.7 Å². The van der Waals surface area contributed by atoms with E-state index in [0.29, 0.717) is 19.1 Å². The quantitative estimate of drug-likeness (QED) is 0.712. The van der Waals surface area contributed by atoms with E-state index in [-0.39, 0.29) is 4.83 Å². The van der Waals surface area contributed by atoms with Crippen LogP contribution in [-0.2, 0) is 0 Å². The average Bonchev–Trinajstić information content (AvgIpc) is 2.79. The van der Waals surface area contributed by atoms with E-state index in [1.54, 1.807) is 11.3 Å². The van der Waals surface area contributed by atoms with Gasteiger partial charge in [-0.25, -0.2) is 0 Å². The van der Waals surface area contributed by atoms with E-state index < -0.39 is 0 Å². The van der Waals surface area contributed by atoms with Crippen molar-refractivity contribution in [2.24, 2.45) is 5.92 Å². The van der Waals surface area contributed by atoms with Gasteiger partial charge in [0.15, 0.2) is 11.5 Å². The summed E-state index contributed by atoms with van der Waals surface area (Å²) in [7, 11) is 0. The first-order valence-electron chi connectivity index (χ1n) is 6.71. The van der Waals surface area contributed by atoms with Crippen molar-refractivity contribution in [3.8, 4) is 11.5 Å². The topological polar surface area (TPSA) is 18.5 Å². The molecule has 0 bridgehead atoms. The fraction of sp³-hybridized carbons (Fsp3) is 0.375. The molecule has 1 aliphatic rings. The van der Waals surface area contributed by atoms with Crippen LogP contribution in [0.2, 0.25) is 0 Å². The van der Waals surface area contributed by atoms with Crippen LogP contribution in [0.25, 0.3) is 0 Å². The predicted octanol–water partition coefficient (Wildman–Crippen LogP) is 4.95. The highest BCUT2D eigenvalue weighted by Crippen LogP contribution is 2.39. The zero-order chi connectivity index (χ0) is 14.1. The number of ether oxygens (including phenoxy) is 2. The van der Waals surface area contributed by atoms with Crippen molar-refractivity contribution in [3.63, 3.8) is 0 Å². The van der Waals surface area contributed by atoms with Crippen LogP contribution in [0.4, 0.5) is 0 Å². The van der Waals surface area contributed by atoms with Gasteiger partial charge in [-0.3, -0.25) is 0 Å². The fourth-order valence-electron chi connectivity index (χ4n) is 2.24. The molecule has 20 heavy (non-hydrogen) atoms. The number of fused-ring (bicyclic) bond motifs is 1. The number of rotatable bonds is 2. The summed E-state index contributed by atoms with van der Waals surface area (Å²) in [6.45, 7) is 5.70. The number of hydrogen-bond donors (Lipinski definition) is 0. The Labute approximate surface area is 131 Å². The lowest BCUT2D eigenvalue weighted by molar-refractivity contribution is 0.228. The van der Waals surface area contributed by atoms with Crippen LogP contribution in [0, 0.1) is 12.8 Å². The highest BCUT2D eigenvalue weighted by molar-refractivity contribution is 9.09. The molecule has 0 spiro atoms. The maximum atomic E-state index is 5.86. The molecule has 0 radical (unpaired) electrons. The number of halogens is 1. The summed E-state index contributed by atoms with van der Waals surface area (Å²) in [5, 5.41) is 4.37. The summed E-state index contributed by atoms with van der Waals surface area (Å²) in [6.07, 6.45) is 0. The number of thiophene rings is 1. The molecule has 0 fully saturated rings. The third-order valence-electron chi connectivity index (χ3n) is 3.48. The molecular formula is C16H17BrO2S. The van der Waals surface area contributed by atoms with Gasteiger partial charge in [0.2, 0.25) is 0 Å². The standard InChI is InChI=1S/C16H17BrO2S/c1-10-6-18-14-4-3-12(5-15(14)19-7-10)16(17)13-9-20-8-11(13)2/h3-5,8-10,16H,6-7H2,1-2H3. The lowest BCUT2D eigenvalue weighted by Crippen LogP contribution is -2.12. The predicted molar refractivity (Wildman–Crippen MR) is 86.4 cm³/mol. The van der Waals surface area contributed by atoms with Crippen molar-refractivity contribution < 1.29 is 9.47 Å². The molecule has 0 aliphatic carbocycles. The van der Waals surface area contributed by atoms with Crippen molar-refractivity contribution in [3.05, 3.63) is 45.6 Å².